The number of carbonyl (C=O) groups excluding carboxylic acids is 1. The van der Waals surface area contributed by atoms with Crippen LogP contribution in [-0.2, 0) is 0 Å². The molecule has 1 heterocycles. The third kappa shape index (κ3) is 3.45. The molecule has 2 aromatic carbocycles. The van der Waals surface area contributed by atoms with Crippen molar-refractivity contribution in [2.45, 2.75) is 13.8 Å². The van der Waals surface area contributed by atoms with Crippen LogP contribution >= 0.6 is 0 Å². The van der Waals surface area contributed by atoms with E-state index in [2.05, 4.69) is 9.88 Å². The minimum Gasteiger partial charge on any atom is -0.478 e. The molecule has 0 spiro atoms. The Morgan fingerprint density at radius 3 is 2.20 bits per heavy atom. The van der Waals surface area contributed by atoms with Crippen LogP contribution in [0.25, 0.3) is 5.69 Å². The van der Waals surface area contributed by atoms with Crippen LogP contribution in [0.3, 0.4) is 0 Å². The first-order valence-corrected chi connectivity index (χ1v) is 7.86. The van der Waals surface area contributed by atoms with Crippen molar-refractivity contribution in [3.05, 3.63) is 83.2 Å². The Morgan fingerprint density at radius 1 is 0.880 bits per heavy atom. The summed E-state index contributed by atoms with van der Waals surface area (Å²) < 4.78 is 2.07. The van der Waals surface area contributed by atoms with Crippen molar-refractivity contribution in [3.8, 4) is 5.69 Å². The van der Waals surface area contributed by atoms with Crippen LogP contribution in [0.4, 0.5) is 5.69 Å². The van der Waals surface area contributed by atoms with Crippen LogP contribution in [0.2, 0.25) is 0 Å². The van der Waals surface area contributed by atoms with Gasteiger partial charge in [-0.2, -0.15) is 0 Å². The van der Waals surface area contributed by atoms with E-state index in [-0.39, 0.29) is 11.5 Å². The molecule has 3 rings (SSSR count). The van der Waals surface area contributed by atoms with Crippen molar-refractivity contribution in [1.29, 1.82) is 0 Å². The van der Waals surface area contributed by atoms with Crippen molar-refractivity contribution >= 4 is 17.6 Å². The lowest BCUT2D eigenvalue weighted by atomic mass is 10.1. The molecule has 3 aromatic rings. The molecule has 0 saturated heterocycles. The van der Waals surface area contributed by atoms with Gasteiger partial charge in [0.1, 0.15) is 0 Å². The summed E-state index contributed by atoms with van der Waals surface area (Å²) in [4.78, 5) is 23.6. The molecular weight excluding hydrogens is 316 g/mol. The van der Waals surface area contributed by atoms with Crippen LogP contribution in [0.15, 0.2) is 60.7 Å². The number of nitrogens with one attached hydrogen (secondary N) is 1. The topological polar surface area (TPSA) is 71.3 Å². The van der Waals surface area contributed by atoms with Crippen LogP contribution < -0.4 is 5.32 Å². The van der Waals surface area contributed by atoms with E-state index in [4.69, 9.17) is 5.11 Å². The van der Waals surface area contributed by atoms with E-state index < -0.39 is 5.97 Å². The number of amides is 1. The molecule has 0 unspecified atom stereocenters. The monoisotopic (exact) mass is 334 g/mol. The first-order valence-electron chi connectivity index (χ1n) is 7.86. The number of carboxylic acid groups (broad SMARTS) is 1. The molecule has 2 N–H and O–H groups in total. The van der Waals surface area contributed by atoms with Gasteiger partial charge in [0.15, 0.2) is 0 Å². The molecule has 5 heteroatoms. The fourth-order valence-electron chi connectivity index (χ4n) is 2.80. The molecule has 0 aliphatic carbocycles. The van der Waals surface area contributed by atoms with Crippen molar-refractivity contribution in [2.24, 2.45) is 0 Å². The van der Waals surface area contributed by atoms with E-state index in [0.717, 1.165) is 17.1 Å². The van der Waals surface area contributed by atoms with E-state index in [1.807, 2.05) is 44.2 Å². The summed E-state index contributed by atoms with van der Waals surface area (Å²) in [6.45, 7) is 4.02. The Labute approximate surface area is 145 Å². The molecule has 0 aliphatic rings. The highest BCUT2D eigenvalue weighted by molar-refractivity contribution is 6.05. The maximum Gasteiger partial charge on any atom is 0.335 e. The van der Waals surface area contributed by atoms with Gasteiger partial charge in [-0.25, -0.2) is 4.79 Å². The molecule has 5 nitrogen and oxygen atoms in total. The van der Waals surface area contributed by atoms with Crippen molar-refractivity contribution in [2.75, 3.05) is 5.32 Å². The number of carbonyl (C=O) groups is 2. The first-order chi connectivity index (χ1) is 12.0. The Morgan fingerprint density at radius 2 is 1.52 bits per heavy atom. The molecule has 0 bridgehead atoms. The predicted molar refractivity (Wildman–Crippen MR) is 96.6 cm³/mol. The second-order valence-electron chi connectivity index (χ2n) is 5.84. The SMILES string of the molecule is Cc1ccc(C)n1-c1cccc(C(=O)Nc2cccc(C(=O)O)c2)c1. The normalized spacial score (nSPS) is 10.5. The molecule has 1 amide bonds. The van der Waals surface area contributed by atoms with Gasteiger partial charge in [-0.05, 0) is 62.4 Å². The van der Waals surface area contributed by atoms with Gasteiger partial charge in [0.05, 0.1) is 5.56 Å². The highest BCUT2D eigenvalue weighted by Gasteiger charge is 2.11. The van der Waals surface area contributed by atoms with Gasteiger partial charge >= 0.3 is 5.97 Å². The standard InChI is InChI=1S/C20H18N2O3/c1-13-9-10-14(2)22(13)18-8-4-5-15(12-18)19(23)21-17-7-3-6-16(11-17)20(24)25/h3-12H,1-2H3,(H,21,23)(H,24,25). The van der Waals surface area contributed by atoms with Crippen molar-refractivity contribution < 1.29 is 14.7 Å². The lowest BCUT2D eigenvalue weighted by Gasteiger charge is -2.11. The summed E-state index contributed by atoms with van der Waals surface area (Å²) in [6.07, 6.45) is 0. The van der Waals surface area contributed by atoms with Gasteiger partial charge in [0, 0.05) is 28.3 Å². The third-order valence-electron chi connectivity index (χ3n) is 4.01. The van der Waals surface area contributed by atoms with Gasteiger partial charge in [-0.3, -0.25) is 4.79 Å². The quantitative estimate of drug-likeness (QED) is 0.756. The minimum atomic E-state index is -1.03. The fraction of sp³-hybridized carbons (Fsp3) is 0.100. The number of aryl methyl sites for hydroxylation is 2. The minimum absolute atomic E-state index is 0.130. The van der Waals surface area contributed by atoms with Gasteiger partial charge in [0.2, 0.25) is 0 Å². The predicted octanol–water partition coefficient (Wildman–Crippen LogP) is 4.04. The number of nitrogens with zero attached hydrogens (tertiary/aromatic N) is 1. The molecule has 1 aromatic heterocycles. The number of hydrogen-bond donors (Lipinski definition) is 2. The molecule has 25 heavy (non-hydrogen) atoms. The van der Waals surface area contributed by atoms with Gasteiger partial charge in [0.25, 0.3) is 5.91 Å². The van der Waals surface area contributed by atoms with E-state index in [9.17, 15) is 9.59 Å². The molecular formula is C20H18N2O3. The van der Waals surface area contributed by atoms with Gasteiger partial charge in [-0.1, -0.05) is 12.1 Å². The number of benzene rings is 2. The zero-order valence-electron chi connectivity index (χ0n) is 14.0. The van der Waals surface area contributed by atoms with E-state index >= 15 is 0 Å². The summed E-state index contributed by atoms with van der Waals surface area (Å²) in [5, 5.41) is 11.8. The smallest absolute Gasteiger partial charge is 0.335 e. The van der Waals surface area contributed by atoms with Crippen molar-refractivity contribution in [1.82, 2.24) is 4.57 Å². The number of anilines is 1. The zero-order chi connectivity index (χ0) is 18.0. The van der Waals surface area contributed by atoms with Crippen molar-refractivity contribution in [3.63, 3.8) is 0 Å². The number of aromatic nitrogens is 1. The average molecular weight is 334 g/mol. The van der Waals surface area contributed by atoms with E-state index in [1.54, 1.807) is 18.2 Å². The number of rotatable bonds is 4. The highest BCUT2D eigenvalue weighted by Crippen LogP contribution is 2.19. The molecule has 126 valence electrons. The zero-order valence-corrected chi connectivity index (χ0v) is 14.0. The molecule has 0 radical (unpaired) electrons. The first kappa shape index (κ1) is 16.5. The van der Waals surface area contributed by atoms with Crippen LogP contribution in [0.1, 0.15) is 32.1 Å². The average Bonchev–Trinajstić information content (AvgIpc) is 2.94. The summed E-state index contributed by atoms with van der Waals surface area (Å²) in [5.41, 5.74) is 4.17. The second kappa shape index (κ2) is 6.65. The maximum atomic E-state index is 12.5. The lowest BCUT2D eigenvalue weighted by molar-refractivity contribution is 0.0696. The second-order valence-corrected chi connectivity index (χ2v) is 5.84. The van der Waals surface area contributed by atoms with E-state index in [0.29, 0.717) is 11.3 Å². The van der Waals surface area contributed by atoms with Gasteiger partial charge in [-0.15, -0.1) is 0 Å². The Kier molecular flexibility index (Phi) is 4.39. The summed E-state index contributed by atoms with van der Waals surface area (Å²) >= 11 is 0. The fourth-order valence-corrected chi connectivity index (χ4v) is 2.80. The van der Waals surface area contributed by atoms with Crippen LogP contribution in [0, 0.1) is 13.8 Å². The molecule has 0 saturated carbocycles. The number of carboxylic acids is 1. The van der Waals surface area contributed by atoms with E-state index in [1.165, 1.54) is 12.1 Å². The maximum absolute atomic E-state index is 12.5. The lowest BCUT2D eigenvalue weighted by Crippen LogP contribution is -2.13. The Hall–Kier alpha value is -3.34. The molecule has 0 fully saturated rings. The third-order valence-corrected chi connectivity index (χ3v) is 4.01. The van der Waals surface area contributed by atoms with Crippen LogP contribution in [0.5, 0.6) is 0 Å². The molecule has 0 atom stereocenters. The summed E-state index contributed by atoms with van der Waals surface area (Å²) in [5.74, 6) is -1.32. The Balaban J connectivity index is 1.87. The molecule has 0 aliphatic heterocycles. The van der Waals surface area contributed by atoms with Crippen LogP contribution in [-0.4, -0.2) is 21.6 Å². The summed E-state index contributed by atoms with van der Waals surface area (Å²) in [7, 11) is 0. The highest BCUT2D eigenvalue weighted by atomic mass is 16.4. The number of aromatic carboxylic acids is 1. The number of hydrogen-bond acceptors (Lipinski definition) is 2. The van der Waals surface area contributed by atoms with Gasteiger partial charge < -0.3 is 15.0 Å². The summed E-state index contributed by atoms with van der Waals surface area (Å²) in [6, 6.07) is 17.6. The largest absolute Gasteiger partial charge is 0.478 e. The Bertz CT molecular complexity index is 938.